The fraction of sp³-hybridized carbons (Fsp3) is 0.138. The molecule has 4 aromatic rings. The molecule has 1 heterocycles. The highest BCUT2D eigenvalue weighted by molar-refractivity contribution is 6.05. The molecule has 0 spiro atoms. The van der Waals surface area contributed by atoms with Gasteiger partial charge in [0.15, 0.2) is 0 Å². The number of hydrogen-bond donors (Lipinski definition) is 6. The second-order valence-corrected chi connectivity index (χ2v) is 8.80. The molecule has 0 radical (unpaired) electrons. The van der Waals surface area contributed by atoms with Crippen molar-refractivity contribution >= 4 is 40.6 Å². The molecule has 0 unspecified atom stereocenters. The number of aromatic amines is 1. The minimum atomic E-state index is -1.24. The Morgan fingerprint density at radius 3 is 1.76 bits per heavy atom. The first-order valence-corrected chi connectivity index (χ1v) is 12.4. The summed E-state index contributed by atoms with van der Waals surface area (Å²) in [5, 5.41) is 34.1. The molecule has 0 saturated carbocycles. The first-order chi connectivity index (χ1) is 19.7. The lowest BCUT2D eigenvalue weighted by atomic mass is 10.1. The smallest absolute Gasteiger partial charge is 0.352 e. The van der Waals surface area contributed by atoms with Gasteiger partial charge in [-0.2, -0.15) is 0 Å². The number of H-pyrrole nitrogens is 1. The van der Waals surface area contributed by atoms with Crippen molar-refractivity contribution in [1.29, 1.82) is 0 Å². The van der Waals surface area contributed by atoms with E-state index in [4.69, 9.17) is 4.74 Å². The summed E-state index contributed by atoms with van der Waals surface area (Å²) in [7, 11) is 0. The number of carboxylic acids is 3. The zero-order chi connectivity index (χ0) is 29.5. The highest BCUT2D eigenvalue weighted by atomic mass is 16.5. The Balaban J connectivity index is 1.41. The standard InChI is InChI=1S/C29H25N3O9/c33-25(18-5-1-3-7-20(18)27(35)36)30-12-11-17-22-15-16(9-10-23(22)32-24(17)29(39)40)41-14-13-31-26(34)19-6-2-4-8-21(19)28(37)38/h1-10,15,32H,11-14H2,(H,30,33)(H,31,34)(H,35,36)(H,37,38)(H,39,40). The summed E-state index contributed by atoms with van der Waals surface area (Å²) in [5.74, 6) is -4.41. The molecule has 0 bridgehead atoms. The van der Waals surface area contributed by atoms with Crippen LogP contribution in [0.1, 0.15) is 57.5 Å². The molecule has 0 saturated heterocycles. The number of amides is 2. The van der Waals surface area contributed by atoms with E-state index < -0.39 is 29.7 Å². The summed E-state index contributed by atoms with van der Waals surface area (Å²) >= 11 is 0. The number of benzene rings is 3. The van der Waals surface area contributed by atoms with E-state index >= 15 is 0 Å². The summed E-state index contributed by atoms with van der Waals surface area (Å²) in [6.45, 7) is 0.168. The van der Waals surface area contributed by atoms with Gasteiger partial charge in [-0.15, -0.1) is 0 Å². The monoisotopic (exact) mass is 559 g/mol. The minimum absolute atomic E-state index is 0.00777. The van der Waals surface area contributed by atoms with Crippen molar-refractivity contribution in [3.05, 3.63) is 100 Å². The van der Waals surface area contributed by atoms with Crippen LogP contribution in [-0.4, -0.2) is 69.7 Å². The van der Waals surface area contributed by atoms with Crippen LogP contribution < -0.4 is 15.4 Å². The number of carbonyl (C=O) groups excluding carboxylic acids is 2. The summed E-state index contributed by atoms with van der Waals surface area (Å²) in [5.41, 5.74) is 0.654. The minimum Gasteiger partial charge on any atom is -0.492 e. The van der Waals surface area contributed by atoms with E-state index in [0.717, 1.165) is 0 Å². The number of aromatic nitrogens is 1. The number of carbonyl (C=O) groups is 5. The second-order valence-electron chi connectivity index (χ2n) is 8.80. The topological polar surface area (TPSA) is 195 Å². The van der Waals surface area contributed by atoms with Crippen LogP contribution in [0.25, 0.3) is 10.9 Å². The van der Waals surface area contributed by atoms with Crippen molar-refractivity contribution in [2.24, 2.45) is 0 Å². The Morgan fingerprint density at radius 1 is 0.683 bits per heavy atom. The Hall–Kier alpha value is -5.65. The van der Waals surface area contributed by atoms with Crippen molar-refractivity contribution < 1.29 is 44.0 Å². The van der Waals surface area contributed by atoms with E-state index in [9.17, 15) is 39.3 Å². The lowest BCUT2D eigenvalue weighted by Gasteiger charge is -2.10. The zero-order valence-electron chi connectivity index (χ0n) is 21.5. The predicted octanol–water partition coefficient (Wildman–Crippen LogP) is 3.04. The van der Waals surface area contributed by atoms with Crippen LogP contribution in [0.15, 0.2) is 66.7 Å². The van der Waals surface area contributed by atoms with Crippen LogP contribution in [0.3, 0.4) is 0 Å². The Kier molecular flexibility index (Phi) is 8.63. The average Bonchev–Trinajstić information content (AvgIpc) is 3.33. The molecule has 3 aromatic carbocycles. The third-order valence-electron chi connectivity index (χ3n) is 6.21. The number of hydrogen-bond acceptors (Lipinski definition) is 6. The molecular weight excluding hydrogens is 534 g/mol. The maximum absolute atomic E-state index is 12.6. The quantitative estimate of drug-likeness (QED) is 0.141. The first kappa shape index (κ1) is 28.4. The maximum atomic E-state index is 12.6. The number of ether oxygens (including phenoxy) is 1. The largest absolute Gasteiger partial charge is 0.492 e. The third-order valence-corrected chi connectivity index (χ3v) is 6.21. The fourth-order valence-corrected chi connectivity index (χ4v) is 4.32. The lowest BCUT2D eigenvalue weighted by molar-refractivity contribution is 0.0680. The van der Waals surface area contributed by atoms with E-state index in [1.165, 1.54) is 36.4 Å². The number of carboxylic acid groups (broad SMARTS) is 3. The molecule has 1 aromatic heterocycles. The first-order valence-electron chi connectivity index (χ1n) is 12.4. The second kappa shape index (κ2) is 12.5. The van der Waals surface area contributed by atoms with Crippen molar-refractivity contribution in [2.75, 3.05) is 19.7 Å². The summed E-state index contributed by atoms with van der Waals surface area (Å²) in [4.78, 5) is 62.5. The van der Waals surface area contributed by atoms with E-state index in [1.807, 2.05) is 0 Å². The molecule has 12 nitrogen and oxygen atoms in total. The molecule has 2 amide bonds. The fourth-order valence-electron chi connectivity index (χ4n) is 4.32. The molecule has 12 heteroatoms. The van der Waals surface area contributed by atoms with Crippen LogP contribution >= 0.6 is 0 Å². The maximum Gasteiger partial charge on any atom is 0.352 e. The predicted molar refractivity (Wildman–Crippen MR) is 146 cm³/mol. The van der Waals surface area contributed by atoms with Gasteiger partial charge in [-0.1, -0.05) is 24.3 Å². The Bertz CT molecular complexity index is 1660. The Morgan fingerprint density at radius 2 is 1.22 bits per heavy atom. The van der Waals surface area contributed by atoms with E-state index in [0.29, 0.717) is 22.2 Å². The van der Waals surface area contributed by atoms with Gasteiger partial charge in [0.1, 0.15) is 18.1 Å². The van der Waals surface area contributed by atoms with Crippen LogP contribution in [0.4, 0.5) is 0 Å². The number of rotatable bonds is 12. The molecule has 210 valence electrons. The van der Waals surface area contributed by atoms with Crippen LogP contribution in [0.2, 0.25) is 0 Å². The van der Waals surface area contributed by atoms with Gasteiger partial charge in [0, 0.05) is 17.4 Å². The van der Waals surface area contributed by atoms with Crippen LogP contribution in [0, 0.1) is 0 Å². The molecule has 0 aliphatic carbocycles. The molecule has 0 atom stereocenters. The van der Waals surface area contributed by atoms with Gasteiger partial charge in [-0.25, -0.2) is 14.4 Å². The van der Waals surface area contributed by atoms with Gasteiger partial charge in [0.05, 0.1) is 28.8 Å². The van der Waals surface area contributed by atoms with Gasteiger partial charge in [-0.3, -0.25) is 9.59 Å². The summed E-state index contributed by atoms with van der Waals surface area (Å²) in [6.07, 6.45) is 0.130. The molecule has 0 aliphatic heterocycles. The van der Waals surface area contributed by atoms with Crippen molar-refractivity contribution in [1.82, 2.24) is 15.6 Å². The van der Waals surface area contributed by atoms with E-state index in [2.05, 4.69) is 15.6 Å². The molecule has 0 fully saturated rings. The number of fused-ring (bicyclic) bond motifs is 1. The van der Waals surface area contributed by atoms with Gasteiger partial charge >= 0.3 is 17.9 Å². The van der Waals surface area contributed by atoms with Crippen molar-refractivity contribution in [3.8, 4) is 5.75 Å². The molecule has 0 aliphatic rings. The van der Waals surface area contributed by atoms with E-state index in [-0.39, 0.29) is 54.1 Å². The number of aromatic carboxylic acids is 3. The molecule has 4 rings (SSSR count). The molecular formula is C29H25N3O9. The average molecular weight is 560 g/mol. The van der Waals surface area contributed by atoms with Gasteiger partial charge in [0.25, 0.3) is 11.8 Å². The van der Waals surface area contributed by atoms with Crippen molar-refractivity contribution in [3.63, 3.8) is 0 Å². The summed E-state index contributed by atoms with van der Waals surface area (Å²) in [6, 6.07) is 16.5. The highest BCUT2D eigenvalue weighted by Crippen LogP contribution is 2.27. The van der Waals surface area contributed by atoms with Gasteiger partial charge in [0.2, 0.25) is 0 Å². The van der Waals surface area contributed by atoms with Gasteiger partial charge in [-0.05, 0) is 54.4 Å². The van der Waals surface area contributed by atoms with E-state index in [1.54, 1.807) is 30.3 Å². The van der Waals surface area contributed by atoms with Crippen LogP contribution in [-0.2, 0) is 6.42 Å². The van der Waals surface area contributed by atoms with Crippen LogP contribution in [0.5, 0.6) is 5.75 Å². The highest BCUT2D eigenvalue weighted by Gasteiger charge is 2.20. The third kappa shape index (κ3) is 6.50. The molecule has 41 heavy (non-hydrogen) atoms. The SMILES string of the molecule is O=C(O)c1ccccc1C(=O)NCCOc1ccc2[nH]c(C(=O)O)c(CCNC(=O)c3ccccc3C(=O)O)c2c1. The summed E-state index contributed by atoms with van der Waals surface area (Å²) < 4.78 is 5.72. The lowest BCUT2D eigenvalue weighted by Crippen LogP contribution is -2.29. The van der Waals surface area contributed by atoms with Gasteiger partial charge < -0.3 is 35.7 Å². The zero-order valence-corrected chi connectivity index (χ0v) is 21.5. The van der Waals surface area contributed by atoms with Crippen molar-refractivity contribution in [2.45, 2.75) is 6.42 Å². The Labute approximate surface area is 232 Å². The normalized spacial score (nSPS) is 10.6. The number of nitrogens with one attached hydrogen (secondary N) is 3. The molecule has 6 N–H and O–H groups in total.